The molecule has 2 aromatic carbocycles. The van der Waals surface area contributed by atoms with E-state index in [0.717, 1.165) is 23.1 Å². The highest BCUT2D eigenvalue weighted by molar-refractivity contribution is 9.10. The molecule has 0 spiro atoms. The van der Waals surface area contributed by atoms with Crippen LogP contribution in [0.2, 0.25) is 0 Å². The molecule has 0 heterocycles. The SMILES string of the molecule is COc1ccc(C)cc1CC(N)Cc1ccccc1Br. The highest BCUT2D eigenvalue weighted by atomic mass is 79.9. The van der Waals surface area contributed by atoms with Gasteiger partial charge in [-0.15, -0.1) is 0 Å². The van der Waals surface area contributed by atoms with Crippen molar-refractivity contribution in [3.05, 3.63) is 63.6 Å². The van der Waals surface area contributed by atoms with Crippen LogP contribution in [0.4, 0.5) is 0 Å². The molecule has 0 aromatic heterocycles. The number of methoxy groups -OCH3 is 1. The lowest BCUT2D eigenvalue weighted by Crippen LogP contribution is -2.26. The van der Waals surface area contributed by atoms with Gasteiger partial charge < -0.3 is 10.5 Å². The van der Waals surface area contributed by atoms with Crippen molar-refractivity contribution in [3.63, 3.8) is 0 Å². The van der Waals surface area contributed by atoms with Crippen molar-refractivity contribution in [2.75, 3.05) is 7.11 Å². The Morgan fingerprint density at radius 3 is 2.50 bits per heavy atom. The monoisotopic (exact) mass is 333 g/mol. The zero-order valence-electron chi connectivity index (χ0n) is 11.9. The summed E-state index contributed by atoms with van der Waals surface area (Å²) in [5.74, 6) is 0.915. The largest absolute Gasteiger partial charge is 0.496 e. The van der Waals surface area contributed by atoms with E-state index in [1.807, 2.05) is 18.2 Å². The smallest absolute Gasteiger partial charge is 0.122 e. The number of hydrogen-bond donors (Lipinski definition) is 1. The van der Waals surface area contributed by atoms with Crippen molar-refractivity contribution in [2.24, 2.45) is 5.73 Å². The van der Waals surface area contributed by atoms with Crippen LogP contribution < -0.4 is 10.5 Å². The van der Waals surface area contributed by atoms with E-state index < -0.39 is 0 Å². The number of benzene rings is 2. The average molecular weight is 334 g/mol. The number of aryl methyl sites for hydroxylation is 1. The maximum Gasteiger partial charge on any atom is 0.122 e. The molecule has 0 saturated carbocycles. The average Bonchev–Trinajstić information content (AvgIpc) is 2.41. The van der Waals surface area contributed by atoms with Crippen LogP contribution in [0.3, 0.4) is 0 Å². The van der Waals surface area contributed by atoms with Crippen LogP contribution in [0, 0.1) is 6.92 Å². The van der Waals surface area contributed by atoms with Crippen molar-refractivity contribution in [1.29, 1.82) is 0 Å². The minimum absolute atomic E-state index is 0.0735. The van der Waals surface area contributed by atoms with Crippen LogP contribution in [-0.2, 0) is 12.8 Å². The first-order valence-corrected chi connectivity index (χ1v) is 7.52. The Bertz CT molecular complexity index is 583. The predicted octanol–water partition coefficient (Wildman–Crippen LogP) is 3.88. The lowest BCUT2D eigenvalue weighted by molar-refractivity contribution is 0.407. The summed E-state index contributed by atoms with van der Waals surface area (Å²) in [6.07, 6.45) is 1.66. The molecule has 0 radical (unpaired) electrons. The van der Waals surface area contributed by atoms with Crippen molar-refractivity contribution in [3.8, 4) is 5.75 Å². The second-order valence-electron chi connectivity index (χ2n) is 5.08. The molecule has 0 saturated heterocycles. The van der Waals surface area contributed by atoms with Gasteiger partial charge in [-0.2, -0.15) is 0 Å². The molecule has 0 amide bonds. The summed E-state index contributed by atoms with van der Waals surface area (Å²) in [6.45, 7) is 2.09. The molecule has 1 atom stereocenters. The fourth-order valence-corrected chi connectivity index (χ4v) is 2.81. The fourth-order valence-electron chi connectivity index (χ4n) is 2.37. The summed E-state index contributed by atoms with van der Waals surface area (Å²) in [4.78, 5) is 0. The summed E-state index contributed by atoms with van der Waals surface area (Å²) in [5.41, 5.74) is 9.95. The normalized spacial score (nSPS) is 12.2. The minimum Gasteiger partial charge on any atom is -0.496 e. The highest BCUT2D eigenvalue weighted by Crippen LogP contribution is 2.23. The second-order valence-corrected chi connectivity index (χ2v) is 5.93. The maximum absolute atomic E-state index is 6.30. The van der Waals surface area contributed by atoms with Gasteiger partial charge in [-0.1, -0.05) is 51.8 Å². The number of rotatable bonds is 5. The highest BCUT2D eigenvalue weighted by Gasteiger charge is 2.11. The van der Waals surface area contributed by atoms with E-state index in [4.69, 9.17) is 10.5 Å². The predicted molar refractivity (Wildman–Crippen MR) is 87.3 cm³/mol. The Morgan fingerprint density at radius 2 is 1.80 bits per heavy atom. The molecule has 2 nitrogen and oxygen atoms in total. The lowest BCUT2D eigenvalue weighted by Gasteiger charge is -2.15. The van der Waals surface area contributed by atoms with Gasteiger partial charge in [-0.3, -0.25) is 0 Å². The van der Waals surface area contributed by atoms with E-state index in [0.29, 0.717) is 0 Å². The Labute approximate surface area is 129 Å². The maximum atomic E-state index is 6.30. The number of nitrogens with two attached hydrogens (primary N) is 1. The molecule has 0 fully saturated rings. The van der Waals surface area contributed by atoms with Gasteiger partial charge in [0.05, 0.1) is 7.11 Å². The first kappa shape index (κ1) is 15.1. The summed E-state index contributed by atoms with van der Waals surface area (Å²) in [6, 6.07) is 14.5. The van der Waals surface area contributed by atoms with Gasteiger partial charge in [-0.05, 0) is 43.0 Å². The van der Waals surface area contributed by atoms with Gasteiger partial charge in [0.1, 0.15) is 5.75 Å². The summed E-state index contributed by atoms with van der Waals surface area (Å²) < 4.78 is 6.53. The van der Waals surface area contributed by atoms with E-state index in [1.165, 1.54) is 16.7 Å². The van der Waals surface area contributed by atoms with Crippen LogP contribution in [0.1, 0.15) is 16.7 Å². The molecular formula is C17H20BrNO. The third-order valence-electron chi connectivity index (χ3n) is 3.36. The Balaban J connectivity index is 2.10. The zero-order chi connectivity index (χ0) is 14.5. The van der Waals surface area contributed by atoms with E-state index in [9.17, 15) is 0 Å². The van der Waals surface area contributed by atoms with Gasteiger partial charge in [0.2, 0.25) is 0 Å². The fraction of sp³-hybridized carbons (Fsp3) is 0.294. The van der Waals surface area contributed by atoms with Crippen LogP contribution in [-0.4, -0.2) is 13.2 Å². The molecule has 3 heteroatoms. The van der Waals surface area contributed by atoms with Gasteiger partial charge in [-0.25, -0.2) is 0 Å². The van der Waals surface area contributed by atoms with Crippen LogP contribution in [0.15, 0.2) is 46.9 Å². The van der Waals surface area contributed by atoms with Crippen LogP contribution in [0.25, 0.3) is 0 Å². The quantitative estimate of drug-likeness (QED) is 0.901. The molecule has 106 valence electrons. The van der Waals surface area contributed by atoms with Crippen molar-refractivity contribution < 1.29 is 4.74 Å². The van der Waals surface area contributed by atoms with Crippen molar-refractivity contribution in [2.45, 2.75) is 25.8 Å². The molecule has 0 aliphatic rings. The lowest BCUT2D eigenvalue weighted by atomic mass is 9.98. The number of halogens is 1. The molecule has 2 aromatic rings. The third kappa shape index (κ3) is 3.84. The molecule has 20 heavy (non-hydrogen) atoms. The van der Waals surface area contributed by atoms with Crippen LogP contribution >= 0.6 is 15.9 Å². The Morgan fingerprint density at radius 1 is 1.10 bits per heavy atom. The number of hydrogen-bond acceptors (Lipinski definition) is 2. The van der Waals surface area contributed by atoms with Crippen LogP contribution in [0.5, 0.6) is 5.75 Å². The van der Waals surface area contributed by atoms with E-state index >= 15 is 0 Å². The molecular weight excluding hydrogens is 314 g/mol. The molecule has 2 rings (SSSR count). The topological polar surface area (TPSA) is 35.2 Å². The second kappa shape index (κ2) is 6.91. The Hall–Kier alpha value is -1.32. The van der Waals surface area contributed by atoms with Gasteiger partial charge in [0.15, 0.2) is 0 Å². The van der Waals surface area contributed by atoms with Gasteiger partial charge in [0.25, 0.3) is 0 Å². The molecule has 2 N–H and O–H groups in total. The number of ether oxygens (including phenoxy) is 1. The van der Waals surface area contributed by atoms with Gasteiger partial charge in [0, 0.05) is 10.5 Å². The Kier molecular flexibility index (Phi) is 5.21. The standard InChI is InChI=1S/C17H20BrNO/c1-12-7-8-17(20-2)14(9-12)11-15(19)10-13-5-3-4-6-16(13)18/h3-9,15H,10-11,19H2,1-2H3. The summed E-state index contributed by atoms with van der Waals surface area (Å²) in [5, 5.41) is 0. The van der Waals surface area contributed by atoms with E-state index in [-0.39, 0.29) is 6.04 Å². The summed E-state index contributed by atoms with van der Waals surface area (Å²) >= 11 is 3.57. The molecule has 0 bridgehead atoms. The molecule has 1 unspecified atom stereocenters. The zero-order valence-corrected chi connectivity index (χ0v) is 13.5. The van der Waals surface area contributed by atoms with Crippen molar-refractivity contribution >= 4 is 15.9 Å². The third-order valence-corrected chi connectivity index (χ3v) is 4.13. The van der Waals surface area contributed by atoms with Crippen molar-refractivity contribution in [1.82, 2.24) is 0 Å². The van der Waals surface area contributed by atoms with E-state index in [1.54, 1.807) is 7.11 Å². The minimum atomic E-state index is 0.0735. The first-order valence-electron chi connectivity index (χ1n) is 6.72. The summed E-state index contributed by atoms with van der Waals surface area (Å²) in [7, 11) is 1.70. The first-order chi connectivity index (χ1) is 9.60. The molecule has 0 aliphatic carbocycles. The van der Waals surface area contributed by atoms with E-state index in [2.05, 4.69) is 47.1 Å². The molecule has 0 aliphatic heterocycles. The van der Waals surface area contributed by atoms with Gasteiger partial charge >= 0.3 is 0 Å².